The summed E-state index contributed by atoms with van der Waals surface area (Å²) in [6, 6.07) is 4.81. The number of hydrogen-bond acceptors (Lipinski definition) is 5. The lowest BCUT2D eigenvalue weighted by Gasteiger charge is -2.57. The molecule has 8 heteroatoms. The Kier molecular flexibility index (Phi) is 5.85. The van der Waals surface area contributed by atoms with Crippen molar-refractivity contribution in [2.45, 2.75) is 68.8 Å². The van der Waals surface area contributed by atoms with Crippen LogP contribution >= 0.6 is 0 Å². The Bertz CT molecular complexity index is 952. The van der Waals surface area contributed by atoms with E-state index in [1.54, 1.807) is 25.1 Å². The average molecular weight is 462 g/mol. The number of nitrogens with one attached hydrogen (secondary N) is 2. The van der Waals surface area contributed by atoms with E-state index in [0.29, 0.717) is 37.6 Å². The molecule has 1 amide bonds. The number of rotatable bonds is 6. The summed E-state index contributed by atoms with van der Waals surface area (Å²) in [5, 5.41) is 6.66. The van der Waals surface area contributed by atoms with E-state index >= 15 is 0 Å². The average Bonchev–Trinajstić information content (AvgIpc) is 2.74. The lowest BCUT2D eigenvalue weighted by atomic mass is 9.53. The second kappa shape index (κ2) is 8.38. The number of sulfonamides is 1. The van der Waals surface area contributed by atoms with Crippen molar-refractivity contribution in [2.24, 2.45) is 17.8 Å². The molecule has 4 bridgehead atoms. The Morgan fingerprint density at radius 2 is 1.69 bits per heavy atom. The maximum absolute atomic E-state index is 13.1. The largest absolute Gasteiger partial charge is 0.379 e. The van der Waals surface area contributed by atoms with Gasteiger partial charge in [-0.2, -0.15) is 4.31 Å². The number of carbonyl (C=O) groups is 1. The van der Waals surface area contributed by atoms with Gasteiger partial charge in [-0.05, 0) is 87.8 Å². The van der Waals surface area contributed by atoms with Gasteiger partial charge in [0.05, 0.1) is 24.2 Å². The van der Waals surface area contributed by atoms with Crippen molar-refractivity contribution in [1.29, 1.82) is 0 Å². The van der Waals surface area contributed by atoms with Crippen molar-refractivity contribution in [1.82, 2.24) is 9.62 Å². The molecule has 2 N–H and O–H groups in total. The van der Waals surface area contributed by atoms with Crippen LogP contribution in [0.15, 0.2) is 23.1 Å². The van der Waals surface area contributed by atoms with Crippen LogP contribution < -0.4 is 10.6 Å². The lowest BCUT2D eigenvalue weighted by molar-refractivity contribution is -0.119. The summed E-state index contributed by atoms with van der Waals surface area (Å²) in [6.45, 7) is 5.23. The highest BCUT2D eigenvalue weighted by atomic mass is 32.2. The van der Waals surface area contributed by atoms with Crippen LogP contribution in [0.3, 0.4) is 0 Å². The van der Waals surface area contributed by atoms with E-state index < -0.39 is 10.0 Å². The molecule has 32 heavy (non-hydrogen) atoms. The van der Waals surface area contributed by atoms with Crippen LogP contribution in [0.1, 0.15) is 51.0 Å². The molecule has 0 radical (unpaired) electrons. The van der Waals surface area contributed by atoms with E-state index in [0.717, 1.165) is 17.8 Å². The summed E-state index contributed by atoms with van der Waals surface area (Å²) in [4.78, 5) is 13.3. The highest BCUT2D eigenvalue weighted by Gasteiger charge is 2.51. The molecule has 1 aliphatic heterocycles. The van der Waals surface area contributed by atoms with Gasteiger partial charge in [0.2, 0.25) is 15.9 Å². The molecule has 5 fully saturated rings. The molecular formula is C24H35N3O4S. The third-order valence-corrected chi connectivity index (χ3v) is 10.0. The quantitative estimate of drug-likeness (QED) is 0.680. The maximum Gasteiger partial charge on any atom is 0.243 e. The zero-order valence-corrected chi connectivity index (χ0v) is 19.9. The molecule has 1 saturated heterocycles. The minimum Gasteiger partial charge on any atom is -0.379 e. The molecule has 4 saturated carbocycles. The second-order valence-corrected chi connectivity index (χ2v) is 12.5. The molecule has 4 aliphatic carbocycles. The Morgan fingerprint density at radius 3 is 2.28 bits per heavy atom. The molecule has 5 aliphatic rings. The summed E-state index contributed by atoms with van der Waals surface area (Å²) >= 11 is 0. The first-order valence-corrected chi connectivity index (χ1v) is 13.5. The van der Waals surface area contributed by atoms with Gasteiger partial charge in [-0.25, -0.2) is 8.42 Å². The smallest absolute Gasteiger partial charge is 0.243 e. The number of ether oxygens (including phenoxy) is 1. The highest BCUT2D eigenvalue weighted by Crippen LogP contribution is 2.55. The maximum atomic E-state index is 13.1. The van der Waals surface area contributed by atoms with Crippen molar-refractivity contribution < 1.29 is 17.9 Å². The predicted molar refractivity (Wildman–Crippen MR) is 123 cm³/mol. The molecule has 1 heterocycles. The van der Waals surface area contributed by atoms with Crippen molar-refractivity contribution in [2.75, 3.05) is 31.6 Å². The van der Waals surface area contributed by atoms with Gasteiger partial charge in [0.1, 0.15) is 0 Å². The van der Waals surface area contributed by atoms with E-state index in [-0.39, 0.29) is 22.4 Å². The molecule has 176 valence electrons. The van der Waals surface area contributed by atoms with Crippen LogP contribution in [0.2, 0.25) is 0 Å². The normalized spacial score (nSPS) is 33.2. The summed E-state index contributed by atoms with van der Waals surface area (Å²) in [7, 11) is -3.62. The van der Waals surface area contributed by atoms with Gasteiger partial charge >= 0.3 is 0 Å². The van der Waals surface area contributed by atoms with E-state index in [1.165, 1.54) is 42.8 Å². The summed E-state index contributed by atoms with van der Waals surface area (Å²) < 4.78 is 33.0. The fourth-order valence-corrected chi connectivity index (χ4v) is 8.60. The van der Waals surface area contributed by atoms with Gasteiger partial charge in [0, 0.05) is 24.3 Å². The fraction of sp³-hybridized carbons (Fsp3) is 0.708. The van der Waals surface area contributed by atoms with Crippen LogP contribution in [0.4, 0.5) is 5.69 Å². The molecule has 1 aromatic rings. The fourth-order valence-electron chi connectivity index (χ4n) is 6.94. The molecule has 0 unspecified atom stereocenters. The van der Waals surface area contributed by atoms with Crippen molar-refractivity contribution >= 4 is 21.6 Å². The summed E-state index contributed by atoms with van der Waals surface area (Å²) in [5.74, 6) is 2.33. The van der Waals surface area contributed by atoms with Gasteiger partial charge in [-0.15, -0.1) is 0 Å². The molecule has 6 rings (SSSR count). The Labute approximate surface area is 191 Å². The number of morpholine rings is 1. The number of amides is 1. The predicted octanol–water partition coefficient (Wildman–Crippen LogP) is 2.90. The van der Waals surface area contributed by atoms with Gasteiger partial charge < -0.3 is 15.4 Å². The van der Waals surface area contributed by atoms with E-state index in [4.69, 9.17) is 4.74 Å². The highest BCUT2D eigenvalue weighted by molar-refractivity contribution is 7.89. The Morgan fingerprint density at radius 1 is 1.09 bits per heavy atom. The van der Waals surface area contributed by atoms with Crippen molar-refractivity contribution in [3.63, 3.8) is 0 Å². The Balaban J connectivity index is 1.28. The van der Waals surface area contributed by atoms with Gasteiger partial charge in [-0.3, -0.25) is 4.79 Å². The van der Waals surface area contributed by atoms with Crippen LogP contribution in [0.25, 0.3) is 0 Å². The molecule has 0 spiro atoms. The number of carbonyl (C=O) groups excluding carboxylic acids is 1. The third kappa shape index (κ3) is 4.22. The van der Waals surface area contributed by atoms with Crippen LogP contribution in [0.5, 0.6) is 0 Å². The van der Waals surface area contributed by atoms with Crippen molar-refractivity contribution in [3.05, 3.63) is 23.8 Å². The molecular weight excluding hydrogens is 426 g/mol. The van der Waals surface area contributed by atoms with E-state index in [1.807, 2.05) is 6.92 Å². The molecule has 0 aromatic heterocycles. The molecule has 1 atom stereocenters. The Hall–Kier alpha value is -1.48. The zero-order valence-electron chi connectivity index (χ0n) is 19.1. The topological polar surface area (TPSA) is 87.7 Å². The van der Waals surface area contributed by atoms with Crippen LogP contribution in [-0.4, -0.2) is 56.5 Å². The lowest BCUT2D eigenvalue weighted by Crippen LogP contribution is -2.62. The third-order valence-electron chi connectivity index (χ3n) is 8.00. The number of hydrogen-bond donors (Lipinski definition) is 2. The zero-order chi connectivity index (χ0) is 22.5. The SMILES string of the molecule is Cc1ccc(NC(=O)[C@H](C)NC23CC4CC(CC(C4)C2)C3)cc1S(=O)(=O)N1CCOCC1. The van der Waals surface area contributed by atoms with Crippen LogP contribution in [-0.2, 0) is 19.6 Å². The standard InChI is InChI=1S/C24H35N3O4S/c1-16-3-4-21(12-22(16)32(29,30)27-5-7-31-8-6-27)25-23(28)17(2)26-24-13-18-9-19(14-24)11-20(10-18)15-24/h3-4,12,17-20,26H,5-11,13-15H2,1-2H3,(H,25,28)/t17-,18?,19?,20?,24?/m0/s1. The first-order valence-electron chi connectivity index (χ1n) is 12.0. The molecule has 1 aromatic carbocycles. The number of nitrogens with zero attached hydrogens (tertiary/aromatic N) is 1. The number of anilines is 1. The number of benzene rings is 1. The second-order valence-electron chi connectivity index (χ2n) is 10.5. The summed E-state index contributed by atoms with van der Waals surface area (Å²) in [6.07, 6.45) is 7.65. The minimum atomic E-state index is -3.62. The first-order chi connectivity index (χ1) is 15.2. The van der Waals surface area contributed by atoms with Crippen LogP contribution in [0, 0.1) is 24.7 Å². The monoisotopic (exact) mass is 461 g/mol. The molecule has 7 nitrogen and oxygen atoms in total. The van der Waals surface area contributed by atoms with Crippen molar-refractivity contribution in [3.8, 4) is 0 Å². The van der Waals surface area contributed by atoms with Gasteiger partial charge in [0.15, 0.2) is 0 Å². The van der Waals surface area contributed by atoms with Gasteiger partial charge in [-0.1, -0.05) is 6.07 Å². The summed E-state index contributed by atoms with van der Waals surface area (Å²) in [5.41, 5.74) is 1.30. The number of aryl methyl sites for hydroxylation is 1. The first kappa shape index (κ1) is 22.3. The van der Waals surface area contributed by atoms with E-state index in [2.05, 4.69) is 10.6 Å². The minimum absolute atomic E-state index is 0.101. The van der Waals surface area contributed by atoms with E-state index in [9.17, 15) is 13.2 Å². The van der Waals surface area contributed by atoms with Gasteiger partial charge in [0.25, 0.3) is 0 Å².